The van der Waals surface area contributed by atoms with Gasteiger partial charge in [-0.25, -0.2) is 17.9 Å². The second-order valence-electron chi connectivity index (χ2n) is 4.34. The smallest absolute Gasteiger partial charge is 0.352 e. The molecule has 7 heteroatoms. The third kappa shape index (κ3) is 3.68. The van der Waals surface area contributed by atoms with Crippen molar-refractivity contribution in [2.24, 2.45) is 0 Å². The number of nitrogens with zero attached hydrogens (tertiary/aromatic N) is 1. The molecule has 0 aromatic carbocycles. The average molecular weight is 286 g/mol. The van der Waals surface area contributed by atoms with E-state index in [-0.39, 0.29) is 23.2 Å². The molecule has 0 aliphatic carbocycles. The Morgan fingerprint density at radius 3 is 2.63 bits per heavy atom. The number of carboxylic acids is 1. The summed E-state index contributed by atoms with van der Waals surface area (Å²) in [5.74, 6) is -1.15. The fourth-order valence-corrected chi connectivity index (χ4v) is 2.65. The van der Waals surface area contributed by atoms with Gasteiger partial charge in [0.1, 0.15) is 10.6 Å². The maximum Gasteiger partial charge on any atom is 0.352 e. The van der Waals surface area contributed by atoms with Gasteiger partial charge in [-0.2, -0.15) is 0 Å². The molecule has 0 aliphatic rings. The fraction of sp³-hybridized carbons (Fsp3) is 0.417. The number of hydrogen-bond acceptors (Lipinski definition) is 3. The summed E-state index contributed by atoms with van der Waals surface area (Å²) in [6.07, 6.45) is 3.45. The quantitative estimate of drug-likeness (QED) is 0.589. The Balaban J connectivity index is 3.11. The molecule has 0 amide bonds. The summed E-state index contributed by atoms with van der Waals surface area (Å²) in [6.45, 7) is 7.31. The van der Waals surface area contributed by atoms with Gasteiger partial charge in [0.2, 0.25) is 10.0 Å². The van der Waals surface area contributed by atoms with Crippen molar-refractivity contribution in [1.29, 1.82) is 0 Å². The lowest BCUT2D eigenvalue weighted by atomic mass is 10.3. The summed E-state index contributed by atoms with van der Waals surface area (Å²) >= 11 is 0. The van der Waals surface area contributed by atoms with E-state index in [9.17, 15) is 13.2 Å². The molecule has 19 heavy (non-hydrogen) atoms. The molecule has 0 fully saturated rings. The first-order chi connectivity index (χ1) is 8.79. The minimum absolute atomic E-state index is 0.0392. The van der Waals surface area contributed by atoms with E-state index in [0.29, 0.717) is 6.42 Å². The molecule has 0 bridgehead atoms. The highest BCUT2D eigenvalue weighted by Crippen LogP contribution is 2.18. The summed E-state index contributed by atoms with van der Waals surface area (Å²) in [7, 11) is -3.68. The first kappa shape index (κ1) is 15.5. The lowest BCUT2D eigenvalue weighted by Gasteiger charge is -2.09. The molecule has 2 N–H and O–H groups in total. The number of sulfonamides is 1. The maximum atomic E-state index is 12.0. The van der Waals surface area contributed by atoms with Gasteiger partial charge < -0.3 is 9.67 Å². The lowest BCUT2D eigenvalue weighted by Crippen LogP contribution is -2.24. The Morgan fingerprint density at radius 2 is 2.21 bits per heavy atom. The zero-order chi connectivity index (χ0) is 14.6. The number of aromatic carboxylic acids is 1. The Labute approximate surface area is 112 Å². The highest BCUT2D eigenvalue weighted by atomic mass is 32.2. The van der Waals surface area contributed by atoms with Crippen molar-refractivity contribution < 1.29 is 18.3 Å². The van der Waals surface area contributed by atoms with E-state index in [0.717, 1.165) is 0 Å². The number of carboxylic acid groups (broad SMARTS) is 1. The second kappa shape index (κ2) is 6.03. The number of aromatic nitrogens is 1. The van der Waals surface area contributed by atoms with Crippen LogP contribution in [-0.2, 0) is 10.0 Å². The van der Waals surface area contributed by atoms with Crippen LogP contribution in [0.5, 0.6) is 0 Å². The van der Waals surface area contributed by atoms with Gasteiger partial charge in [-0.05, 0) is 26.3 Å². The number of nitrogens with one attached hydrogen (secondary N) is 1. The van der Waals surface area contributed by atoms with Gasteiger partial charge in [-0.15, -0.1) is 6.58 Å². The molecule has 0 saturated heterocycles. The predicted molar refractivity (Wildman–Crippen MR) is 71.8 cm³/mol. The molecule has 1 heterocycles. The van der Waals surface area contributed by atoms with Crippen molar-refractivity contribution >= 4 is 16.0 Å². The number of carbonyl (C=O) groups is 1. The topological polar surface area (TPSA) is 88.4 Å². The average Bonchev–Trinajstić information content (AvgIpc) is 2.74. The van der Waals surface area contributed by atoms with Gasteiger partial charge >= 0.3 is 5.97 Å². The highest BCUT2D eigenvalue weighted by Gasteiger charge is 2.21. The summed E-state index contributed by atoms with van der Waals surface area (Å²) in [5, 5.41) is 9.06. The molecule has 0 spiro atoms. The molecular weight excluding hydrogens is 268 g/mol. The van der Waals surface area contributed by atoms with Crippen molar-refractivity contribution in [3.05, 3.63) is 30.6 Å². The van der Waals surface area contributed by atoms with Gasteiger partial charge in [-0.3, -0.25) is 0 Å². The largest absolute Gasteiger partial charge is 0.477 e. The fourth-order valence-electron chi connectivity index (χ4n) is 1.58. The van der Waals surface area contributed by atoms with Crippen LogP contribution in [0.2, 0.25) is 0 Å². The SMILES string of the molecule is C=CCCNS(=O)(=O)c1cc(C(=O)O)n(C(C)C)c1. The van der Waals surface area contributed by atoms with E-state index in [1.54, 1.807) is 19.9 Å². The molecule has 1 rings (SSSR count). The van der Waals surface area contributed by atoms with Gasteiger partial charge in [0.15, 0.2) is 0 Å². The maximum absolute atomic E-state index is 12.0. The van der Waals surface area contributed by atoms with Crippen LogP contribution in [0.3, 0.4) is 0 Å². The lowest BCUT2D eigenvalue weighted by molar-refractivity contribution is 0.0683. The van der Waals surface area contributed by atoms with Gasteiger partial charge in [0, 0.05) is 18.8 Å². The standard InChI is InChI=1S/C12H18N2O4S/c1-4-5-6-13-19(17,18)10-7-11(12(15)16)14(8-10)9(2)3/h4,7-9,13H,1,5-6H2,2-3H3,(H,15,16). The van der Waals surface area contributed by atoms with Crippen molar-refractivity contribution in [3.8, 4) is 0 Å². The van der Waals surface area contributed by atoms with Crippen LogP contribution < -0.4 is 4.72 Å². The van der Waals surface area contributed by atoms with Crippen LogP contribution in [0, 0.1) is 0 Å². The minimum Gasteiger partial charge on any atom is -0.477 e. The Hall–Kier alpha value is -1.60. The zero-order valence-electron chi connectivity index (χ0n) is 11.0. The van der Waals surface area contributed by atoms with Gasteiger partial charge in [0.05, 0.1) is 0 Å². The monoisotopic (exact) mass is 286 g/mol. The first-order valence-corrected chi connectivity index (χ1v) is 7.33. The van der Waals surface area contributed by atoms with Crippen LogP contribution in [0.4, 0.5) is 0 Å². The second-order valence-corrected chi connectivity index (χ2v) is 6.11. The normalized spacial score (nSPS) is 11.7. The molecular formula is C12H18N2O4S. The Bertz CT molecular complexity index is 573. The van der Waals surface area contributed by atoms with E-state index in [2.05, 4.69) is 11.3 Å². The summed E-state index contributed by atoms with van der Waals surface area (Å²) in [5.41, 5.74) is -0.0425. The van der Waals surface area contributed by atoms with Crippen LogP contribution >= 0.6 is 0 Å². The number of rotatable bonds is 7. The van der Waals surface area contributed by atoms with Crippen LogP contribution in [0.1, 0.15) is 36.8 Å². The molecule has 1 aromatic rings. The molecule has 0 unspecified atom stereocenters. The Morgan fingerprint density at radius 1 is 1.58 bits per heavy atom. The van der Waals surface area contributed by atoms with Gasteiger partial charge in [0.25, 0.3) is 0 Å². The molecule has 106 valence electrons. The zero-order valence-corrected chi connectivity index (χ0v) is 11.8. The highest BCUT2D eigenvalue weighted by molar-refractivity contribution is 7.89. The van der Waals surface area contributed by atoms with E-state index >= 15 is 0 Å². The molecule has 0 aliphatic heterocycles. The third-order valence-corrected chi connectivity index (χ3v) is 3.98. The van der Waals surface area contributed by atoms with E-state index in [1.165, 1.54) is 16.8 Å². The van der Waals surface area contributed by atoms with E-state index in [1.807, 2.05) is 0 Å². The van der Waals surface area contributed by atoms with E-state index < -0.39 is 16.0 Å². The van der Waals surface area contributed by atoms with Crippen molar-refractivity contribution in [2.75, 3.05) is 6.54 Å². The van der Waals surface area contributed by atoms with E-state index in [4.69, 9.17) is 5.11 Å². The van der Waals surface area contributed by atoms with Crippen LogP contribution in [-0.4, -0.2) is 30.6 Å². The minimum atomic E-state index is -3.68. The molecule has 6 nitrogen and oxygen atoms in total. The molecule has 0 radical (unpaired) electrons. The number of hydrogen-bond donors (Lipinski definition) is 2. The van der Waals surface area contributed by atoms with Crippen LogP contribution in [0.15, 0.2) is 29.8 Å². The summed E-state index contributed by atoms with van der Waals surface area (Å²) < 4.78 is 27.7. The van der Waals surface area contributed by atoms with Crippen molar-refractivity contribution in [1.82, 2.24) is 9.29 Å². The summed E-state index contributed by atoms with van der Waals surface area (Å²) in [4.78, 5) is 11.0. The Kier molecular flexibility index (Phi) is 4.90. The van der Waals surface area contributed by atoms with Crippen molar-refractivity contribution in [3.63, 3.8) is 0 Å². The predicted octanol–water partition coefficient (Wildman–Crippen LogP) is 1.62. The summed E-state index contributed by atoms with van der Waals surface area (Å²) in [6, 6.07) is 1.03. The first-order valence-electron chi connectivity index (χ1n) is 5.85. The molecule has 0 saturated carbocycles. The third-order valence-electron chi connectivity index (χ3n) is 2.55. The molecule has 1 aromatic heterocycles. The van der Waals surface area contributed by atoms with Gasteiger partial charge in [-0.1, -0.05) is 6.08 Å². The molecule has 0 atom stereocenters. The van der Waals surface area contributed by atoms with Crippen molar-refractivity contribution in [2.45, 2.75) is 31.2 Å². The van der Waals surface area contributed by atoms with Crippen LogP contribution in [0.25, 0.3) is 0 Å².